The van der Waals surface area contributed by atoms with Gasteiger partial charge in [0.05, 0.1) is 6.04 Å². The maximum Gasteiger partial charge on any atom is 0.255 e. The van der Waals surface area contributed by atoms with Crippen molar-refractivity contribution in [1.29, 1.82) is 0 Å². The van der Waals surface area contributed by atoms with Crippen molar-refractivity contribution in [3.8, 4) is 0 Å². The van der Waals surface area contributed by atoms with Crippen molar-refractivity contribution in [2.24, 2.45) is 7.05 Å². The van der Waals surface area contributed by atoms with E-state index in [9.17, 15) is 9.59 Å². The fourth-order valence-corrected chi connectivity index (χ4v) is 4.96. The van der Waals surface area contributed by atoms with Crippen LogP contribution in [0.1, 0.15) is 47.3 Å². The first-order valence-corrected chi connectivity index (χ1v) is 10.3. The van der Waals surface area contributed by atoms with Crippen LogP contribution >= 0.6 is 0 Å². The molecule has 148 valence electrons. The van der Waals surface area contributed by atoms with E-state index in [2.05, 4.69) is 22.9 Å². The predicted octanol–water partition coefficient (Wildman–Crippen LogP) is 3.73. The number of carbonyl (C=O) groups is 2. The van der Waals surface area contributed by atoms with E-state index >= 15 is 0 Å². The first-order valence-electron chi connectivity index (χ1n) is 10.3. The average molecular weight is 387 g/mol. The lowest BCUT2D eigenvalue weighted by molar-refractivity contribution is -0.134. The fraction of sp³-hybridized carbons (Fsp3) is 0.333. The van der Waals surface area contributed by atoms with Crippen LogP contribution < -0.4 is 0 Å². The molecule has 0 aliphatic carbocycles. The summed E-state index contributed by atoms with van der Waals surface area (Å²) in [5.41, 5.74) is 3.88. The zero-order valence-corrected chi connectivity index (χ0v) is 16.8. The molecule has 2 aliphatic heterocycles. The van der Waals surface area contributed by atoms with Gasteiger partial charge in [0.2, 0.25) is 5.91 Å². The van der Waals surface area contributed by atoms with Crippen LogP contribution in [-0.4, -0.2) is 45.3 Å². The third-order valence-corrected chi connectivity index (χ3v) is 6.41. The molecule has 2 atom stereocenters. The molecule has 3 aromatic rings. The lowest BCUT2D eigenvalue weighted by atomic mass is 9.97. The van der Waals surface area contributed by atoms with Gasteiger partial charge < -0.3 is 14.4 Å². The van der Waals surface area contributed by atoms with Gasteiger partial charge in [-0.25, -0.2) is 0 Å². The summed E-state index contributed by atoms with van der Waals surface area (Å²) < 4.78 is 2.10. The molecular formula is C24H25N3O2. The number of fused-ring (bicyclic) bond motifs is 2. The van der Waals surface area contributed by atoms with E-state index < -0.39 is 6.04 Å². The number of amides is 2. The Kier molecular flexibility index (Phi) is 4.19. The zero-order valence-electron chi connectivity index (χ0n) is 16.8. The van der Waals surface area contributed by atoms with Crippen LogP contribution in [-0.2, 0) is 11.8 Å². The third-order valence-electron chi connectivity index (χ3n) is 6.41. The van der Waals surface area contributed by atoms with E-state index in [0.717, 1.165) is 48.0 Å². The normalized spacial score (nSPS) is 19.8. The van der Waals surface area contributed by atoms with E-state index in [-0.39, 0.29) is 17.9 Å². The number of hydrogen-bond acceptors (Lipinski definition) is 2. The lowest BCUT2D eigenvalue weighted by Gasteiger charge is -2.33. The highest BCUT2D eigenvalue weighted by atomic mass is 16.2. The minimum absolute atomic E-state index is 0.0499. The Morgan fingerprint density at radius 3 is 2.48 bits per heavy atom. The van der Waals surface area contributed by atoms with Crippen LogP contribution in [0, 0.1) is 0 Å². The van der Waals surface area contributed by atoms with Gasteiger partial charge in [0.1, 0.15) is 6.04 Å². The van der Waals surface area contributed by atoms with Crippen molar-refractivity contribution < 1.29 is 9.59 Å². The standard InChI is InChI=1S/C24H25N3O2/c1-16(23(28)26-13-7-8-14-26)27-22(18-10-3-4-11-19(18)24(27)29)20-15-25(2)21-12-6-5-9-17(20)21/h3-6,9-12,15-16,22H,7-8,13-14H2,1-2H3/t16-,22-/m1/s1. The summed E-state index contributed by atoms with van der Waals surface area (Å²) in [5, 5.41) is 1.12. The van der Waals surface area contributed by atoms with Crippen LogP contribution in [0.3, 0.4) is 0 Å². The Balaban J connectivity index is 1.65. The number of benzene rings is 2. The summed E-state index contributed by atoms with van der Waals surface area (Å²) in [7, 11) is 2.03. The Morgan fingerprint density at radius 2 is 1.69 bits per heavy atom. The Labute approximate surface area is 170 Å². The molecule has 0 unspecified atom stereocenters. The van der Waals surface area contributed by atoms with E-state index in [4.69, 9.17) is 0 Å². The van der Waals surface area contributed by atoms with Gasteiger partial charge in [-0.3, -0.25) is 9.59 Å². The topological polar surface area (TPSA) is 45.6 Å². The molecule has 0 saturated carbocycles. The predicted molar refractivity (Wildman–Crippen MR) is 113 cm³/mol. The highest BCUT2D eigenvalue weighted by molar-refractivity contribution is 6.03. The second-order valence-corrected chi connectivity index (χ2v) is 8.12. The van der Waals surface area contributed by atoms with Crippen molar-refractivity contribution >= 4 is 22.7 Å². The third kappa shape index (κ3) is 2.68. The van der Waals surface area contributed by atoms with Crippen LogP contribution in [0.25, 0.3) is 10.9 Å². The molecule has 1 saturated heterocycles. The molecule has 0 bridgehead atoms. The fourth-order valence-electron chi connectivity index (χ4n) is 4.96. The molecule has 0 spiro atoms. The van der Waals surface area contributed by atoms with Crippen molar-refractivity contribution in [2.75, 3.05) is 13.1 Å². The molecule has 0 N–H and O–H groups in total. The first-order chi connectivity index (χ1) is 14.1. The van der Waals surface area contributed by atoms with Gasteiger partial charge >= 0.3 is 0 Å². The number of aryl methyl sites for hydroxylation is 1. The van der Waals surface area contributed by atoms with E-state index in [1.165, 1.54) is 0 Å². The first kappa shape index (κ1) is 18.0. The van der Waals surface area contributed by atoms with Gasteiger partial charge in [0.25, 0.3) is 5.91 Å². The van der Waals surface area contributed by atoms with Crippen LogP contribution in [0.5, 0.6) is 0 Å². The van der Waals surface area contributed by atoms with E-state index in [0.29, 0.717) is 5.56 Å². The number of rotatable bonds is 3. The molecular weight excluding hydrogens is 362 g/mol. The largest absolute Gasteiger partial charge is 0.350 e. The summed E-state index contributed by atoms with van der Waals surface area (Å²) in [5.74, 6) is -0.00697. The number of nitrogens with zero attached hydrogens (tertiary/aromatic N) is 3. The number of hydrogen-bond donors (Lipinski definition) is 0. The summed E-state index contributed by atoms with van der Waals surface area (Å²) in [6.45, 7) is 3.46. The van der Waals surface area contributed by atoms with Crippen molar-refractivity contribution in [1.82, 2.24) is 14.4 Å². The summed E-state index contributed by atoms with van der Waals surface area (Å²) in [4.78, 5) is 30.3. The van der Waals surface area contributed by atoms with E-state index in [1.807, 2.05) is 55.3 Å². The molecule has 1 fully saturated rings. The SMILES string of the molecule is C[C@H](C(=O)N1CCCC1)N1C(=O)c2ccccc2[C@@H]1c1cn(C)c2ccccc12. The van der Waals surface area contributed by atoms with Crippen molar-refractivity contribution in [3.05, 3.63) is 71.4 Å². The zero-order chi connectivity index (χ0) is 20.1. The highest BCUT2D eigenvalue weighted by Gasteiger charge is 2.44. The number of aromatic nitrogens is 1. The smallest absolute Gasteiger partial charge is 0.255 e. The molecule has 2 aliphatic rings. The molecule has 5 nitrogen and oxygen atoms in total. The van der Waals surface area contributed by atoms with Gasteiger partial charge in [-0.2, -0.15) is 0 Å². The molecule has 5 rings (SSSR count). The molecule has 3 heterocycles. The van der Waals surface area contributed by atoms with Crippen LogP contribution in [0.15, 0.2) is 54.7 Å². The van der Waals surface area contributed by atoms with Gasteiger partial charge in [0, 0.05) is 48.4 Å². The second-order valence-electron chi connectivity index (χ2n) is 8.12. The Hall–Kier alpha value is -3.08. The summed E-state index contributed by atoms with van der Waals surface area (Å²) in [6.07, 6.45) is 4.18. The summed E-state index contributed by atoms with van der Waals surface area (Å²) in [6, 6.07) is 15.2. The monoisotopic (exact) mass is 387 g/mol. The molecule has 2 amide bonds. The van der Waals surface area contributed by atoms with Gasteiger partial charge in [-0.05, 0) is 37.5 Å². The molecule has 1 aromatic heterocycles. The minimum Gasteiger partial charge on any atom is -0.350 e. The van der Waals surface area contributed by atoms with Crippen LogP contribution in [0.4, 0.5) is 0 Å². The maximum absolute atomic E-state index is 13.4. The van der Waals surface area contributed by atoms with Gasteiger partial charge in [-0.15, -0.1) is 0 Å². The molecule has 29 heavy (non-hydrogen) atoms. The number of para-hydroxylation sites is 1. The van der Waals surface area contributed by atoms with Crippen molar-refractivity contribution in [3.63, 3.8) is 0 Å². The Bertz CT molecular complexity index is 1110. The average Bonchev–Trinajstić information content (AvgIpc) is 3.45. The van der Waals surface area contributed by atoms with E-state index in [1.54, 1.807) is 4.90 Å². The quantitative estimate of drug-likeness (QED) is 0.687. The van der Waals surface area contributed by atoms with Crippen molar-refractivity contribution in [2.45, 2.75) is 31.8 Å². The summed E-state index contributed by atoms with van der Waals surface area (Å²) >= 11 is 0. The second kappa shape index (κ2) is 6.76. The lowest BCUT2D eigenvalue weighted by Crippen LogP contribution is -2.47. The maximum atomic E-state index is 13.4. The molecule has 2 aromatic carbocycles. The number of carbonyl (C=O) groups excluding carboxylic acids is 2. The van der Waals surface area contributed by atoms with Gasteiger partial charge in [0.15, 0.2) is 0 Å². The highest BCUT2D eigenvalue weighted by Crippen LogP contribution is 2.43. The molecule has 0 radical (unpaired) electrons. The Morgan fingerprint density at radius 1 is 1.00 bits per heavy atom. The van der Waals surface area contributed by atoms with Crippen LogP contribution in [0.2, 0.25) is 0 Å². The number of likely N-dealkylation sites (tertiary alicyclic amines) is 1. The minimum atomic E-state index is -0.503. The van der Waals surface area contributed by atoms with Gasteiger partial charge in [-0.1, -0.05) is 36.4 Å². The molecule has 5 heteroatoms.